The first-order valence-corrected chi connectivity index (χ1v) is 10.2. The number of ether oxygens (including phenoxy) is 3. The summed E-state index contributed by atoms with van der Waals surface area (Å²) in [6.45, 7) is 1.73. The zero-order valence-electron chi connectivity index (χ0n) is 18.0. The SMILES string of the molecule is CCCCc1nc2ccccc2n1CC(=O)OCC(=O)Nc1ccc(OC)c(OC)c1. The predicted molar refractivity (Wildman–Crippen MR) is 117 cm³/mol. The van der Waals surface area contributed by atoms with Crippen molar-refractivity contribution < 1.29 is 23.8 Å². The summed E-state index contributed by atoms with van der Waals surface area (Å²) < 4.78 is 17.5. The van der Waals surface area contributed by atoms with E-state index in [1.807, 2.05) is 28.8 Å². The van der Waals surface area contributed by atoms with E-state index in [0.717, 1.165) is 36.1 Å². The van der Waals surface area contributed by atoms with Crippen molar-refractivity contribution in [3.05, 3.63) is 48.3 Å². The van der Waals surface area contributed by atoms with Crippen LogP contribution in [0.25, 0.3) is 11.0 Å². The number of esters is 1. The number of rotatable bonds is 10. The van der Waals surface area contributed by atoms with E-state index in [2.05, 4.69) is 17.2 Å². The van der Waals surface area contributed by atoms with Crippen molar-refractivity contribution in [2.75, 3.05) is 26.1 Å². The number of para-hydroxylation sites is 2. The van der Waals surface area contributed by atoms with Crippen LogP contribution in [0.15, 0.2) is 42.5 Å². The summed E-state index contributed by atoms with van der Waals surface area (Å²) in [5.74, 6) is 0.947. The molecule has 1 amide bonds. The normalized spacial score (nSPS) is 10.7. The molecule has 1 aromatic heterocycles. The standard InChI is InChI=1S/C23H27N3O5/c1-4-5-10-21-25-17-8-6-7-9-18(17)26(21)14-23(28)31-15-22(27)24-16-11-12-19(29-2)20(13-16)30-3/h6-9,11-13H,4-5,10,14-15H2,1-3H3,(H,24,27). The van der Waals surface area contributed by atoms with E-state index in [1.54, 1.807) is 18.2 Å². The van der Waals surface area contributed by atoms with Crippen molar-refractivity contribution in [1.82, 2.24) is 9.55 Å². The largest absolute Gasteiger partial charge is 0.493 e. The van der Waals surface area contributed by atoms with Crippen LogP contribution in [0, 0.1) is 0 Å². The molecule has 3 aromatic rings. The van der Waals surface area contributed by atoms with E-state index in [1.165, 1.54) is 14.2 Å². The molecule has 0 aliphatic heterocycles. The Bertz CT molecular complexity index is 1060. The van der Waals surface area contributed by atoms with Gasteiger partial charge in [0.05, 0.1) is 25.3 Å². The Balaban J connectivity index is 1.61. The van der Waals surface area contributed by atoms with Crippen molar-refractivity contribution in [3.8, 4) is 11.5 Å². The third-order valence-electron chi connectivity index (χ3n) is 4.81. The lowest BCUT2D eigenvalue weighted by molar-refractivity contribution is -0.147. The molecule has 0 aliphatic rings. The molecule has 0 bridgehead atoms. The van der Waals surface area contributed by atoms with E-state index in [9.17, 15) is 9.59 Å². The number of anilines is 1. The van der Waals surface area contributed by atoms with Crippen molar-refractivity contribution >= 4 is 28.6 Å². The van der Waals surface area contributed by atoms with Gasteiger partial charge in [-0.25, -0.2) is 4.98 Å². The van der Waals surface area contributed by atoms with E-state index >= 15 is 0 Å². The van der Waals surface area contributed by atoms with Crippen LogP contribution in [0.2, 0.25) is 0 Å². The van der Waals surface area contributed by atoms with E-state index in [4.69, 9.17) is 14.2 Å². The number of benzene rings is 2. The van der Waals surface area contributed by atoms with Gasteiger partial charge in [-0.1, -0.05) is 25.5 Å². The number of fused-ring (bicyclic) bond motifs is 1. The van der Waals surface area contributed by atoms with Crippen molar-refractivity contribution in [3.63, 3.8) is 0 Å². The summed E-state index contributed by atoms with van der Waals surface area (Å²) in [4.78, 5) is 29.3. The van der Waals surface area contributed by atoms with Gasteiger partial charge < -0.3 is 24.1 Å². The van der Waals surface area contributed by atoms with Gasteiger partial charge >= 0.3 is 5.97 Å². The molecule has 0 saturated heterocycles. The Morgan fingerprint density at radius 3 is 2.58 bits per heavy atom. The van der Waals surface area contributed by atoms with Crippen LogP contribution in [-0.4, -0.2) is 42.3 Å². The number of carbonyl (C=O) groups is 2. The molecule has 8 nitrogen and oxygen atoms in total. The lowest BCUT2D eigenvalue weighted by Gasteiger charge is -2.11. The average Bonchev–Trinajstić information content (AvgIpc) is 3.13. The van der Waals surface area contributed by atoms with Gasteiger partial charge in [0, 0.05) is 18.2 Å². The van der Waals surface area contributed by atoms with Gasteiger partial charge in [0.25, 0.3) is 5.91 Å². The third-order valence-corrected chi connectivity index (χ3v) is 4.81. The quantitative estimate of drug-likeness (QED) is 0.499. The number of hydrogen-bond acceptors (Lipinski definition) is 6. The summed E-state index contributed by atoms with van der Waals surface area (Å²) in [6.07, 6.45) is 2.79. The van der Waals surface area contributed by atoms with Crippen molar-refractivity contribution in [2.24, 2.45) is 0 Å². The van der Waals surface area contributed by atoms with Crippen LogP contribution in [0.3, 0.4) is 0 Å². The maximum Gasteiger partial charge on any atom is 0.326 e. The smallest absolute Gasteiger partial charge is 0.326 e. The Kier molecular flexibility index (Phi) is 7.48. The average molecular weight is 425 g/mol. The van der Waals surface area contributed by atoms with Crippen LogP contribution < -0.4 is 14.8 Å². The summed E-state index contributed by atoms with van der Waals surface area (Å²) in [7, 11) is 3.05. The molecule has 0 aliphatic carbocycles. The number of imidazole rings is 1. The topological polar surface area (TPSA) is 91.7 Å². The molecule has 2 aromatic carbocycles. The van der Waals surface area contributed by atoms with Crippen LogP contribution in [-0.2, 0) is 27.3 Å². The summed E-state index contributed by atoms with van der Waals surface area (Å²) in [5.41, 5.74) is 2.23. The maximum atomic E-state index is 12.4. The van der Waals surface area contributed by atoms with Gasteiger partial charge in [0.2, 0.25) is 0 Å². The molecule has 8 heteroatoms. The van der Waals surface area contributed by atoms with Crippen LogP contribution in [0.1, 0.15) is 25.6 Å². The van der Waals surface area contributed by atoms with E-state index in [0.29, 0.717) is 17.2 Å². The molecule has 0 spiro atoms. The Hall–Kier alpha value is -3.55. The van der Waals surface area contributed by atoms with Gasteiger partial charge in [0.1, 0.15) is 12.4 Å². The highest BCUT2D eigenvalue weighted by Gasteiger charge is 2.15. The number of nitrogens with zero attached hydrogens (tertiary/aromatic N) is 2. The second-order valence-corrected chi connectivity index (χ2v) is 6.99. The first-order chi connectivity index (χ1) is 15.0. The Morgan fingerprint density at radius 2 is 1.84 bits per heavy atom. The zero-order chi connectivity index (χ0) is 22.2. The van der Waals surface area contributed by atoms with Crippen LogP contribution >= 0.6 is 0 Å². The second kappa shape index (κ2) is 10.5. The first-order valence-electron chi connectivity index (χ1n) is 10.2. The minimum atomic E-state index is -0.497. The number of aromatic nitrogens is 2. The van der Waals surface area contributed by atoms with Gasteiger partial charge in [-0.2, -0.15) is 0 Å². The monoisotopic (exact) mass is 425 g/mol. The van der Waals surface area contributed by atoms with Gasteiger partial charge in [0.15, 0.2) is 18.1 Å². The zero-order valence-corrected chi connectivity index (χ0v) is 18.0. The summed E-state index contributed by atoms with van der Waals surface area (Å²) >= 11 is 0. The number of methoxy groups -OCH3 is 2. The fourth-order valence-corrected chi connectivity index (χ4v) is 3.26. The number of aryl methyl sites for hydroxylation is 1. The molecule has 0 unspecified atom stereocenters. The first kappa shape index (κ1) is 22.1. The summed E-state index contributed by atoms with van der Waals surface area (Å²) in [6, 6.07) is 12.7. The molecule has 31 heavy (non-hydrogen) atoms. The predicted octanol–water partition coefficient (Wildman–Crippen LogP) is 3.58. The molecule has 0 radical (unpaired) electrons. The Labute approximate surface area is 181 Å². The molecule has 0 atom stereocenters. The summed E-state index contributed by atoms with van der Waals surface area (Å²) in [5, 5.41) is 2.68. The van der Waals surface area contributed by atoms with Gasteiger partial charge in [-0.15, -0.1) is 0 Å². The van der Waals surface area contributed by atoms with Crippen molar-refractivity contribution in [2.45, 2.75) is 32.7 Å². The maximum absolute atomic E-state index is 12.4. The molecule has 0 fully saturated rings. The highest BCUT2D eigenvalue weighted by molar-refractivity contribution is 5.93. The molecule has 0 saturated carbocycles. The number of carbonyl (C=O) groups excluding carboxylic acids is 2. The van der Waals surface area contributed by atoms with Crippen LogP contribution in [0.4, 0.5) is 5.69 Å². The second-order valence-electron chi connectivity index (χ2n) is 6.99. The highest BCUT2D eigenvalue weighted by atomic mass is 16.5. The molecule has 1 N–H and O–H groups in total. The number of nitrogens with one attached hydrogen (secondary N) is 1. The fraction of sp³-hybridized carbons (Fsp3) is 0.348. The number of unbranched alkanes of at least 4 members (excludes halogenated alkanes) is 1. The fourth-order valence-electron chi connectivity index (χ4n) is 3.26. The van der Waals surface area contributed by atoms with E-state index < -0.39 is 11.9 Å². The minimum Gasteiger partial charge on any atom is -0.493 e. The van der Waals surface area contributed by atoms with E-state index in [-0.39, 0.29) is 13.2 Å². The van der Waals surface area contributed by atoms with Crippen LogP contribution in [0.5, 0.6) is 11.5 Å². The molecule has 1 heterocycles. The van der Waals surface area contributed by atoms with Gasteiger partial charge in [-0.05, 0) is 30.7 Å². The van der Waals surface area contributed by atoms with Crippen molar-refractivity contribution in [1.29, 1.82) is 0 Å². The van der Waals surface area contributed by atoms with Gasteiger partial charge in [-0.3, -0.25) is 9.59 Å². The number of amides is 1. The third kappa shape index (κ3) is 5.53. The minimum absolute atomic E-state index is 0.00317. The highest BCUT2D eigenvalue weighted by Crippen LogP contribution is 2.29. The molecular weight excluding hydrogens is 398 g/mol. The number of hydrogen-bond donors (Lipinski definition) is 1. The lowest BCUT2D eigenvalue weighted by Crippen LogP contribution is -2.23. The Morgan fingerprint density at radius 1 is 1.06 bits per heavy atom. The molecule has 3 rings (SSSR count). The molecule has 164 valence electrons. The molecular formula is C23H27N3O5. The lowest BCUT2D eigenvalue weighted by atomic mass is 10.2.